The maximum Gasteiger partial charge on any atom is 0.191 e. The second-order valence-electron chi connectivity index (χ2n) is 8.46. The normalized spacial score (nSPS) is 16.1. The summed E-state index contributed by atoms with van der Waals surface area (Å²) in [6.45, 7) is 5.43. The van der Waals surface area contributed by atoms with Crippen molar-refractivity contribution in [2.45, 2.75) is 65.0 Å². The smallest absolute Gasteiger partial charge is 0.191 e. The summed E-state index contributed by atoms with van der Waals surface area (Å²) in [6, 6.07) is 6.41. The fourth-order valence-corrected chi connectivity index (χ4v) is 3.86. The average Bonchev–Trinajstić information content (AvgIpc) is 3.55. The molecular weight excluding hydrogens is 503 g/mol. The Morgan fingerprint density at radius 3 is 2.87 bits per heavy atom. The molecule has 2 aliphatic rings. The Balaban J connectivity index is 0.00000272. The van der Waals surface area contributed by atoms with E-state index in [1.165, 1.54) is 37.7 Å². The van der Waals surface area contributed by atoms with Gasteiger partial charge in [0.2, 0.25) is 0 Å². The average molecular weight is 538 g/mol. The summed E-state index contributed by atoms with van der Waals surface area (Å²) in [5.74, 6) is 4.73. The molecule has 0 radical (unpaired) electrons. The van der Waals surface area contributed by atoms with Crippen LogP contribution in [0.2, 0.25) is 0 Å². The molecule has 2 aromatic rings. The van der Waals surface area contributed by atoms with E-state index in [1.54, 1.807) is 7.05 Å². The molecular formula is C23H35IN6O. The molecule has 31 heavy (non-hydrogen) atoms. The monoisotopic (exact) mass is 538 g/mol. The third-order valence-corrected chi connectivity index (χ3v) is 5.89. The number of nitrogens with zero attached hydrogens (tertiary/aromatic N) is 4. The summed E-state index contributed by atoms with van der Waals surface area (Å²) in [5, 5.41) is 15.6. The Morgan fingerprint density at radius 1 is 1.19 bits per heavy atom. The second kappa shape index (κ2) is 11.7. The number of fused-ring (bicyclic) bond motifs is 1. The number of rotatable bonds is 8. The van der Waals surface area contributed by atoms with Gasteiger partial charge in [0.25, 0.3) is 0 Å². The van der Waals surface area contributed by atoms with E-state index in [9.17, 15) is 0 Å². The fourth-order valence-electron chi connectivity index (χ4n) is 3.86. The number of hydrogen-bond donors (Lipinski definition) is 2. The molecule has 2 N–H and O–H groups in total. The molecule has 2 heterocycles. The molecule has 170 valence electrons. The van der Waals surface area contributed by atoms with Crippen molar-refractivity contribution in [2.75, 3.05) is 20.2 Å². The minimum atomic E-state index is 0. The van der Waals surface area contributed by atoms with Gasteiger partial charge in [0, 0.05) is 45.1 Å². The van der Waals surface area contributed by atoms with Gasteiger partial charge in [-0.15, -0.1) is 34.2 Å². The highest BCUT2D eigenvalue weighted by Gasteiger charge is 2.22. The summed E-state index contributed by atoms with van der Waals surface area (Å²) >= 11 is 0. The van der Waals surface area contributed by atoms with Gasteiger partial charge in [0.15, 0.2) is 5.96 Å². The number of aryl methyl sites for hydroxylation is 2. The number of aromatic nitrogens is 3. The van der Waals surface area contributed by atoms with E-state index in [-0.39, 0.29) is 24.0 Å². The van der Waals surface area contributed by atoms with Gasteiger partial charge < -0.3 is 19.9 Å². The zero-order chi connectivity index (χ0) is 20.8. The van der Waals surface area contributed by atoms with Crippen LogP contribution >= 0.6 is 24.0 Å². The number of hydrogen-bond acceptors (Lipinski definition) is 4. The van der Waals surface area contributed by atoms with Crippen LogP contribution in [0.1, 0.15) is 54.9 Å². The highest BCUT2D eigenvalue weighted by atomic mass is 127. The van der Waals surface area contributed by atoms with E-state index >= 15 is 0 Å². The van der Waals surface area contributed by atoms with Gasteiger partial charge in [-0.2, -0.15) is 0 Å². The summed E-state index contributed by atoms with van der Waals surface area (Å²) in [5.41, 5.74) is 2.38. The van der Waals surface area contributed by atoms with Crippen molar-refractivity contribution in [3.05, 3.63) is 41.0 Å². The van der Waals surface area contributed by atoms with Crippen LogP contribution in [0.25, 0.3) is 0 Å². The van der Waals surface area contributed by atoms with Gasteiger partial charge in [-0.3, -0.25) is 4.99 Å². The van der Waals surface area contributed by atoms with E-state index in [0.29, 0.717) is 6.54 Å². The lowest BCUT2D eigenvalue weighted by Crippen LogP contribution is -2.38. The Labute approximate surface area is 202 Å². The molecule has 0 atom stereocenters. The van der Waals surface area contributed by atoms with Crippen LogP contribution in [0.5, 0.6) is 5.75 Å². The highest BCUT2D eigenvalue weighted by molar-refractivity contribution is 14.0. The molecule has 0 spiro atoms. The summed E-state index contributed by atoms with van der Waals surface area (Å²) in [6.07, 6.45) is 8.20. The minimum absolute atomic E-state index is 0. The minimum Gasteiger partial charge on any atom is -0.493 e. The molecule has 1 saturated carbocycles. The van der Waals surface area contributed by atoms with Crippen molar-refractivity contribution in [1.29, 1.82) is 0 Å². The number of guanidine groups is 1. The summed E-state index contributed by atoms with van der Waals surface area (Å²) in [4.78, 5) is 4.37. The molecule has 1 aromatic heterocycles. The largest absolute Gasteiger partial charge is 0.493 e. The van der Waals surface area contributed by atoms with E-state index < -0.39 is 0 Å². The lowest BCUT2D eigenvalue weighted by atomic mass is 10.1. The van der Waals surface area contributed by atoms with Crippen molar-refractivity contribution in [3.8, 4) is 5.75 Å². The van der Waals surface area contributed by atoms with Crippen molar-refractivity contribution >= 4 is 29.9 Å². The van der Waals surface area contributed by atoms with E-state index in [0.717, 1.165) is 67.4 Å². The van der Waals surface area contributed by atoms with E-state index in [1.807, 2.05) is 0 Å². The molecule has 0 bridgehead atoms. The van der Waals surface area contributed by atoms with Gasteiger partial charge in [-0.25, -0.2) is 0 Å². The Bertz CT molecular complexity index is 877. The molecule has 0 saturated heterocycles. The van der Waals surface area contributed by atoms with Gasteiger partial charge in [0.05, 0.1) is 6.61 Å². The van der Waals surface area contributed by atoms with Gasteiger partial charge in [-0.05, 0) is 50.2 Å². The molecule has 0 unspecified atom stereocenters. The van der Waals surface area contributed by atoms with Crippen LogP contribution in [0.3, 0.4) is 0 Å². The number of ether oxygens (including phenoxy) is 1. The zero-order valence-electron chi connectivity index (χ0n) is 18.7. The zero-order valence-corrected chi connectivity index (χ0v) is 21.0. The van der Waals surface area contributed by atoms with Gasteiger partial charge in [-0.1, -0.05) is 18.6 Å². The topological polar surface area (TPSA) is 76.4 Å². The summed E-state index contributed by atoms with van der Waals surface area (Å²) < 4.78 is 8.39. The number of benzene rings is 1. The predicted octanol–water partition coefficient (Wildman–Crippen LogP) is 3.63. The first-order valence-corrected chi connectivity index (χ1v) is 11.3. The third kappa shape index (κ3) is 6.82. The number of halogens is 1. The lowest BCUT2D eigenvalue weighted by Gasteiger charge is -2.15. The highest BCUT2D eigenvalue weighted by Crippen LogP contribution is 2.30. The quantitative estimate of drug-likeness (QED) is 0.305. The van der Waals surface area contributed by atoms with Crippen LogP contribution in [-0.4, -0.2) is 40.9 Å². The van der Waals surface area contributed by atoms with Crippen molar-refractivity contribution < 1.29 is 4.74 Å². The second-order valence-corrected chi connectivity index (χ2v) is 8.46. The molecule has 7 nitrogen and oxygen atoms in total. The SMILES string of the molecule is CN=C(NCCc1nnc2n1CCCCC2)NCc1ccc(C)cc1OCC1CC1.I. The maximum atomic E-state index is 6.08. The van der Waals surface area contributed by atoms with Crippen LogP contribution < -0.4 is 15.4 Å². The summed E-state index contributed by atoms with van der Waals surface area (Å²) in [7, 11) is 1.80. The molecule has 0 amide bonds. The Kier molecular flexibility index (Phi) is 8.98. The number of aliphatic imine (C=N–C) groups is 1. The molecule has 8 heteroatoms. The Morgan fingerprint density at radius 2 is 2.06 bits per heavy atom. The van der Waals surface area contributed by atoms with Gasteiger partial charge in [0.1, 0.15) is 17.4 Å². The Hall–Kier alpha value is -1.84. The van der Waals surface area contributed by atoms with Crippen LogP contribution in [-0.2, 0) is 25.9 Å². The van der Waals surface area contributed by atoms with Crippen molar-refractivity contribution in [3.63, 3.8) is 0 Å². The molecule has 1 fully saturated rings. The maximum absolute atomic E-state index is 6.08. The first kappa shape index (κ1) is 23.8. The fraction of sp³-hybridized carbons (Fsp3) is 0.609. The predicted molar refractivity (Wildman–Crippen MR) is 134 cm³/mol. The van der Waals surface area contributed by atoms with Crippen molar-refractivity contribution in [2.24, 2.45) is 10.9 Å². The van der Waals surface area contributed by atoms with Gasteiger partial charge >= 0.3 is 0 Å². The van der Waals surface area contributed by atoms with E-state index in [4.69, 9.17) is 4.74 Å². The molecule has 1 aliphatic carbocycles. The van der Waals surface area contributed by atoms with Crippen LogP contribution in [0.4, 0.5) is 0 Å². The standard InChI is InChI=1S/C23H34N6O.HI/c1-17-7-10-19(20(14-17)30-16-18-8-9-18)15-26-23(24-2)25-12-11-22-28-27-21-6-4-3-5-13-29(21)22;/h7,10,14,18H,3-6,8-9,11-13,15-16H2,1-2H3,(H2,24,25,26);1H. The van der Waals surface area contributed by atoms with Crippen LogP contribution in [0, 0.1) is 12.8 Å². The van der Waals surface area contributed by atoms with Crippen molar-refractivity contribution in [1.82, 2.24) is 25.4 Å². The first-order chi connectivity index (χ1) is 14.7. The third-order valence-electron chi connectivity index (χ3n) is 5.89. The van der Waals surface area contributed by atoms with Crippen LogP contribution in [0.15, 0.2) is 23.2 Å². The van der Waals surface area contributed by atoms with E-state index in [2.05, 4.69) is 55.5 Å². The number of nitrogens with one attached hydrogen (secondary N) is 2. The lowest BCUT2D eigenvalue weighted by molar-refractivity contribution is 0.296. The molecule has 1 aromatic carbocycles. The molecule has 1 aliphatic heterocycles. The molecule has 4 rings (SSSR count). The first-order valence-electron chi connectivity index (χ1n) is 11.3.